The fourth-order valence-electron chi connectivity index (χ4n) is 1.67. The van der Waals surface area contributed by atoms with Gasteiger partial charge in [-0.05, 0) is 18.2 Å². The van der Waals surface area contributed by atoms with E-state index in [9.17, 15) is 9.59 Å². The first kappa shape index (κ1) is 14.1. The Morgan fingerprint density at radius 2 is 2.00 bits per heavy atom. The molecule has 0 atom stereocenters. The third kappa shape index (κ3) is 3.39. The minimum Gasteiger partial charge on any atom is -0.483 e. The van der Waals surface area contributed by atoms with Gasteiger partial charge < -0.3 is 14.4 Å². The molecular weight excluding hydrogens is 282 g/mol. The predicted molar refractivity (Wildman–Crippen MR) is 74.1 cm³/mol. The number of carbonyl (C=O) groups is 1. The van der Waals surface area contributed by atoms with Gasteiger partial charge in [0.15, 0.2) is 5.75 Å². The lowest BCUT2D eigenvalue weighted by Crippen LogP contribution is -2.24. The zero-order chi connectivity index (χ0) is 14.5. The van der Waals surface area contributed by atoms with Gasteiger partial charge in [-0.3, -0.25) is 9.59 Å². The molecule has 2 aromatic rings. The summed E-state index contributed by atoms with van der Waals surface area (Å²) >= 11 is 5.99. The molecular formula is C14H12ClNO4. The van der Waals surface area contributed by atoms with Gasteiger partial charge in [-0.1, -0.05) is 29.8 Å². The normalized spacial score (nSPS) is 10.2. The minimum absolute atomic E-state index is 0.0914. The molecule has 0 saturated heterocycles. The summed E-state index contributed by atoms with van der Waals surface area (Å²) < 4.78 is 6.49. The summed E-state index contributed by atoms with van der Waals surface area (Å²) in [5, 5.41) is 9.26. The number of pyridine rings is 1. The highest BCUT2D eigenvalue weighted by atomic mass is 35.5. The third-order valence-corrected chi connectivity index (χ3v) is 3.00. The largest absolute Gasteiger partial charge is 0.483 e. The number of hydrogen-bond donors (Lipinski definition) is 1. The number of hydrogen-bond acceptors (Lipinski definition) is 3. The number of halogens is 1. The first-order chi connectivity index (χ1) is 9.58. The maximum atomic E-state index is 12.0. The van der Waals surface area contributed by atoms with Crippen molar-refractivity contribution in [3.05, 3.63) is 63.5 Å². The average Bonchev–Trinajstić information content (AvgIpc) is 2.41. The van der Waals surface area contributed by atoms with E-state index < -0.39 is 18.1 Å². The molecule has 0 bridgehead atoms. The lowest BCUT2D eigenvalue weighted by atomic mass is 10.2. The molecule has 1 aromatic heterocycles. The molecule has 0 radical (unpaired) electrons. The van der Waals surface area contributed by atoms with Crippen molar-refractivity contribution in [3.63, 3.8) is 0 Å². The second-order valence-corrected chi connectivity index (χ2v) is 4.49. The smallest absolute Gasteiger partial charge is 0.323 e. The van der Waals surface area contributed by atoms with E-state index >= 15 is 0 Å². The van der Waals surface area contributed by atoms with E-state index in [1.165, 1.54) is 12.3 Å². The zero-order valence-corrected chi connectivity index (χ0v) is 11.2. The zero-order valence-electron chi connectivity index (χ0n) is 10.5. The van der Waals surface area contributed by atoms with Crippen LogP contribution in [0, 0.1) is 0 Å². The molecule has 1 heterocycles. The lowest BCUT2D eigenvalue weighted by molar-refractivity contribution is -0.137. The van der Waals surface area contributed by atoms with Crippen LogP contribution in [0.15, 0.2) is 47.4 Å². The Morgan fingerprint density at radius 3 is 2.70 bits per heavy atom. The van der Waals surface area contributed by atoms with Crippen molar-refractivity contribution in [3.8, 4) is 5.75 Å². The number of carboxylic acids is 1. The van der Waals surface area contributed by atoms with Gasteiger partial charge in [-0.2, -0.15) is 0 Å². The van der Waals surface area contributed by atoms with Crippen LogP contribution in [0.4, 0.5) is 0 Å². The van der Waals surface area contributed by atoms with Crippen LogP contribution in [0.25, 0.3) is 0 Å². The number of carboxylic acid groups (broad SMARTS) is 1. The van der Waals surface area contributed by atoms with E-state index in [2.05, 4.69) is 0 Å². The van der Waals surface area contributed by atoms with Gasteiger partial charge in [-0.15, -0.1) is 0 Å². The molecule has 1 N–H and O–H groups in total. The first-order valence-electron chi connectivity index (χ1n) is 5.85. The number of ether oxygens (including phenoxy) is 1. The Bertz CT molecular complexity index is 681. The van der Waals surface area contributed by atoms with E-state index in [0.717, 1.165) is 10.1 Å². The molecule has 0 fully saturated rings. The van der Waals surface area contributed by atoms with Gasteiger partial charge in [-0.25, -0.2) is 0 Å². The second kappa shape index (κ2) is 6.25. The fraction of sp³-hybridized carbons (Fsp3) is 0.143. The van der Waals surface area contributed by atoms with Gasteiger partial charge in [0.05, 0.1) is 0 Å². The molecule has 104 valence electrons. The molecule has 20 heavy (non-hydrogen) atoms. The summed E-state index contributed by atoms with van der Waals surface area (Å²) in [5.41, 5.74) is 0.268. The van der Waals surface area contributed by atoms with Gasteiger partial charge in [0.25, 0.3) is 5.56 Å². The van der Waals surface area contributed by atoms with Crippen molar-refractivity contribution in [2.45, 2.75) is 13.2 Å². The van der Waals surface area contributed by atoms with Gasteiger partial charge in [0, 0.05) is 16.8 Å². The van der Waals surface area contributed by atoms with E-state index in [1.54, 1.807) is 24.3 Å². The molecule has 0 amide bonds. The first-order valence-corrected chi connectivity index (χ1v) is 6.23. The average molecular weight is 294 g/mol. The van der Waals surface area contributed by atoms with Gasteiger partial charge >= 0.3 is 5.97 Å². The van der Waals surface area contributed by atoms with Crippen LogP contribution in [0.3, 0.4) is 0 Å². The maximum absolute atomic E-state index is 12.0. The molecule has 0 saturated carbocycles. The van der Waals surface area contributed by atoms with E-state index in [1.807, 2.05) is 6.07 Å². The molecule has 0 aliphatic carbocycles. The highest BCUT2D eigenvalue weighted by Crippen LogP contribution is 2.16. The summed E-state index contributed by atoms with van der Waals surface area (Å²) in [4.78, 5) is 22.6. The van der Waals surface area contributed by atoms with Crippen LogP contribution in [-0.2, 0) is 17.9 Å². The predicted octanol–water partition coefficient (Wildman–Crippen LogP) is 2.17. The highest BCUT2D eigenvalue weighted by Gasteiger charge is 2.08. The molecule has 0 unspecified atom stereocenters. The summed E-state index contributed by atoms with van der Waals surface area (Å²) in [6, 6.07) is 10.2. The quantitative estimate of drug-likeness (QED) is 0.917. The van der Waals surface area contributed by atoms with Crippen LogP contribution in [0.2, 0.25) is 5.02 Å². The van der Waals surface area contributed by atoms with Crippen molar-refractivity contribution >= 4 is 17.6 Å². The van der Waals surface area contributed by atoms with Crippen molar-refractivity contribution in [1.82, 2.24) is 4.57 Å². The monoisotopic (exact) mass is 293 g/mol. The van der Waals surface area contributed by atoms with Crippen molar-refractivity contribution in [2.24, 2.45) is 0 Å². The molecule has 0 spiro atoms. The maximum Gasteiger partial charge on any atom is 0.323 e. The number of benzene rings is 1. The van der Waals surface area contributed by atoms with Crippen molar-refractivity contribution < 1.29 is 14.6 Å². The van der Waals surface area contributed by atoms with E-state index in [0.29, 0.717) is 5.02 Å². The SMILES string of the molecule is O=C(O)Cn1cccc(OCc2ccccc2Cl)c1=O. The fourth-order valence-corrected chi connectivity index (χ4v) is 1.86. The molecule has 0 aliphatic rings. The van der Waals surface area contributed by atoms with Crippen molar-refractivity contribution in [2.75, 3.05) is 0 Å². The molecule has 6 heteroatoms. The Kier molecular flexibility index (Phi) is 4.42. The molecule has 1 aromatic carbocycles. The number of nitrogens with zero attached hydrogens (tertiary/aromatic N) is 1. The highest BCUT2D eigenvalue weighted by molar-refractivity contribution is 6.31. The van der Waals surface area contributed by atoms with Crippen LogP contribution >= 0.6 is 11.6 Å². The Balaban J connectivity index is 2.16. The summed E-state index contributed by atoms with van der Waals surface area (Å²) in [6.45, 7) is -0.256. The second-order valence-electron chi connectivity index (χ2n) is 4.08. The van der Waals surface area contributed by atoms with Crippen molar-refractivity contribution in [1.29, 1.82) is 0 Å². The van der Waals surface area contributed by atoms with E-state index in [-0.39, 0.29) is 12.4 Å². The number of aromatic nitrogens is 1. The molecule has 2 rings (SSSR count). The third-order valence-electron chi connectivity index (χ3n) is 2.63. The minimum atomic E-state index is -1.09. The van der Waals surface area contributed by atoms with Gasteiger partial charge in [0.2, 0.25) is 0 Å². The lowest BCUT2D eigenvalue weighted by Gasteiger charge is -2.09. The topological polar surface area (TPSA) is 68.5 Å². The van der Waals surface area contributed by atoms with Crippen LogP contribution in [-0.4, -0.2) is 15.6 Å². The van der Waals surface area contributed by atoms with Crippen LogP contribution in [0.5, 0.6) is 5.75 Å². The van der Waals surface area contributed by atoms with Crippen LogP contribution < -0.4 is 10.3 Å². The Labute approximate surface area is 120 Å². The summed E-state index contributed by atoms with van der Waals surface area (Å²) in [6.07, 6.45) is 1.40. The number of rotatable bonds is 5. The Hall–Kier alpha value is -2.27. The Morgan fingerprint density at radius 1 is 1.25 bits per heavy atom. The summed E-state index contributed by atoms with van der Waals surface area (Å²) in [5.74, 6) is -0.996. The summed E-state index contributed by atoms with van der Waals surface area (Å²) in [7, 11) is 0. The molecule has 0 aliphatic heterocycles. The van der Waals surface area contributed by atoms with Crippen LogP contribution in [0.1, 0.15) is 5.56 Å². The number of aliphatic carboxylic acids is 1. The molecule has 5 nitrogen and oxygen atoms in total. The van der Waals surface area contributed by atoms with Gasteiger partial charge in [0.1, 0.15) is 13.2 Å². The standard InChI is InChI=1S/C14H12ClNO4/c15-11-5-2-1-4-10(11)9-20-12-6-3-7-16(14(12)19)8-13(17)18/h1-7H,8-9H2,(H,17,18). The van der Waals surface area contributed by atoms with E-state index in [4.69, 9.17) is 21.4 Å².